The van der Waals surface area contributed by atoms with E-state index in [1.165, 1.54) is 5.56 Å². The van der Waals surface area contributed by atoms with Crippen LogP contribution in [0.1, 0.15) is 31.5 Å². The number of aryl methyl sites for hydroxylation is 1. The molecular weight excluding hydrogens is 281 g/mol. The molecule has 1 atom stereocenters. The van der Waals surface area contributed by atoms with E-state index in [-0.39, 0.29) is 12.6 Å². The van der Waals surface area contributed by atoms with E-state index in [2.05, 4.69) is 22.0 Å². The van der Waals surface area contributed by atoms with Crippen molar-refractivity contribution in [3.05, 3.63) is 29.6 Å². The second kappa shape index (κ2) is 9.00. The predicted molar refractivity (Wildman–Crippen MR) is 76.3 cm³/mol. The van der Waals surface area contributed by atoms with Crippen LogP contribution in [0.15, 0.2) is 18.3 Å². The number of likely N-dealkylation sites (N-methyl/N-ethyl adjacent to an activating group) is 1. The highest BCUT2D eigenvalue weighted by molar-refractivity contribution is 5.14. The van der Waals surface area contributed by atoms with Crippen molar-refractivity contribution in [2.45, 2.75) is 45.3 Å². The van der Waals surface area contributed by atoms with Crippen molar-refractivity contribution in [2.24, 2.45) is 0 Å². The third-order valence-electron chi connectivity index (χ3n) is 3.12. The molecule has 0 bridgehead atoms. The molecule has 3 nitrogen and oxygen atoms in total. The van der Waals surface area contributed by atoms with Crippen LogP contribution in [-0.2, 0) is 17.6 Å². The molecule has 0 fully saturated rings. The fourth-order valence-corrected chi connectivity index (χ4v) is 2.02. The fraction of sp³-hybridized carbons (Fsp3) is 0.667. The molecule has 0 aliphatic rings. The first-order valence-electron chi connectivity index (χ1n) is 7.26. The quantitative estimate of drug-likeness (QED) is 0.712. The van der Waals surface area contributed by atoms with Crippen molar-refractivity contribution < 1.29 is 17.9 Å². The Balaban J connectivity index is 2.41. The fourth-order valence-electron chi connectivity index (χ4n) is 2.02. The Hall–Kier alpha value is -1.14. The first-order valence-corrected chi connectivity index (χ1v) is 7.26. The molecule has 0 amide bonds. The van der Waals surface area contributed by atoms with E-state index in [0.717, 1.165) is 18.7 Å². The molecule has 1 aromatic rings. The van der Waals surface area contributed by atoms with Gasteiger partial charge in [0.15, 0.2) is 0 Å². The normalized spacial score (nSPS) is 13.4. The Labute approximate surface area is 123 Å². The second-order valence-corrected chi connectivity index (χ2v) is 4.93. The molecule has 0 aliphatic heterocycles. The van der Waals surface area contributed by atoms with Gasteiger partial charge >= 0.3 is 6.18 Å². The molecule has 0 saturated carbocycles. The minimum absolute atomic E-state index is 0.0724. The van der Waals surface area contributed by atoms with E-state index in [1.807, 2.05) is 25.3 Å². The van der Waals surface area contributed by atoms with Crippen molar-refractivity contribution in [2.75, 3.05) is 19.8 Å². The molecule has 21 heavy (non-hydrogen) atoms. The van der Waals surface area contributed by atoms with Gasteiger partial charge in [0.1, 0.15) is 6.61 Å². The Morgan fingerprint density at radius 1 is 1.29 bits per heavy atom. The first-order chi connectivity index (χ1) is 9.94. The van der Waals surface area contributed by atoms with E-state index in [1.54, 1.807) is 0 Å². The lowest BCUT2D eigenvalue weighted by Gasteiger charge is -2.18. The minimum Gasteiger partial charge on any atom is -0.372 e. The van der Waals surface area contributed by atoms with Gasteiger partial charge in [-0.2, -0.15) is 13.2 Å². The van der Waals surface area contributed by atoms with Crippen LogP contribution in [-0.4, -0.2) is 37.0 Å². The van der Waals surface area contributed by atoms with Crippen LogP contribution in [0.3, 0.4) is 0 Å². The topological polar surface area (TPSA) is 34.1 Å². The zero-order chi connectivity index (χ0) is 15.7. The summed E-state index contributed by atoms with van der Waals surface area (Å²) in [5.74, 6) is 0. The van der Waals surface area contributed by atoms with Crippen LogP contribution in [0.25, 0.3) is 0 Å². The molecule has 1 N–H and O–H groups in total. The predicted octanol–water partition coefficient (Wildman–Crippen LogP) is 3.13. The van der Waals surface area contributed by atoms with E-state index in [9.17, 15) is 13.2 Å². The van der Waals surface area contributed by atoms with Crippen LogP contribution in [0.4, 0.5) is 13.2 Å². The summed E-state index contributed by atoms with van der Waals surface area (Å²) >= 11 is 0. The van der Waals surface area contributed by atoms with Crippen LogP contribution in [0, 0.1) is 0 Å². The molecule has 120 valence electrons. The number of hydrogen-bond donors (Lipinski definition) is 1. The van der Waals surface area contributed by atoms with Crippen LogP contribution in [0.5, 0.6) is 0 Å². The summed E-state index contributed by atoms with van der Waals surface area (Å²) in [5, 5.41) is 3.26. The SMILES string of the molecule is CCNC(CCOCC(F)(F)F)Cc1ccc(CC)cn1. The molecule has 0 aliphatic carbocycles. The molecular formula is C15H23F3N2O. The number of aromatic nitrogens is 1. The summed E-state index contributed by atoms with van der Waals surface area (Å²) in [6.45, 7) is 3.70. The minimum atomic E-state index is -4.26. The smallest absolute Gasteiger partial charge is 0.372 e. The largest absolute Gasteiger partial charge is 0.411 e. The van der Waals surface area contributed by atoms with E-state index in [0.29, 0.717) is 12.8 Å². The summed E-state index contributed by atoms with van der Waals surface area (Å²) in [7, 11) is 0. The van der Waals surface area contributed by atoms with Gasteiger partial charge in [0.05, 0.1) is 0 Å². The van der Waals surface area contributed by atoms with Crippen molar-refractivity contribution in [3.8, 4) is 0 Å². The number of nitrogens with one attached hydrogen (secondary N) is 1. The molecule has 0 radical (unpaired) electrons. The molecule has 1 heterocycles. The van der Waals surface area contributed by atoms with Crippen molar-refractivity contribution in [1.29, 1.82) is 0 Å². The summed E-state index contributed by atoms with van der Waals surface area (Å²) in [6.07, 6.45) is -0.257. The summed E-state index contributed by atoms with van der Waals surface area (Å²) in [4.78, 5) is 4.38. The Kier molecular flexibility index (Phi) is 7.67. The Morgan fingerprint density at radius 2 is 2.05 bits per heavy atom. The highest BCUT2D eigenvalue weighted by Gasteiger charge is 2.27. The highest BCUT2D eigenvalue weighted by Crippen LogP contribution is 2.15. The lowest BCUT2D eigenvalue weighted by atomic mass is 10.1. The third-order valence-corrected chi connectivity index (χ3v) is 3.12. The van der Waals surface area contributed by atoms with E-state index < -0.39 is 12.8 Å². The second-order valence-electron chi connectivity index (χ2n) is 4.93. The summed E-state index contributed by atoms with van der Waals surface area (Å²) in [6, 6.07) is 4.08. The summed E-state index contributed by atoms with van der Waals surface area (Å²) < 4.78 is 40.7. The molecule has 1 rings (SSSR count). The number of alkyl halides is 3. The van der Waals surface area contributed by atoms with Crippen LogP contribution in [0.2, 0.25) is 0 Å². The molecule has 1 aromatic heterocycles. The van der Waals surface area contributed by atoms with Crippen molar-refractivity contribution >= 4 is 0 Å². The zero-order valence-electron chi connectivity index (χ0n) is 12.5. The van der Waals surface area contributed by atoms with Gasteiger partial charge in [-0.15, -0.1) is 0 Å². The van der Waals surface area contributed by atoms with Gasteiger partial charge in [0.2, 0.25) is 0 Å². The van der Waals surface area contributed by atoms with Gasteiger partial charge in [-0.05, 0) is 31.0 Å². The highest BCUT2D eigenvalue weighted by atomic mass is 19.4. The Morgan fingerprint density at radius 3 is 2.57 bits per heavy atom. The van der Waals surface area contributed by atoms with Gasteiger partial charge in [0.25, 0.3) is 0 Å². The molecule has 1 unspecified atom stereocenters. The number of nitrogens with zero attached hydrogens (tertiary/aromatic N) is 1. The molecule has 0 aromatic carbocycles. The number of ether oxygens (including phenoxy) is 1. The lowest BCUT2D eigenvalue weighted by Crippen LogP contribution is -2.33. The van der Waals surface area contributed by atoms with Gasteiger partial charge < -0.3 is 10.1 Å². The first kappa shape index (κ1) is 17.9. The van der Waals surface area contributed by atoms with Gasteiger partial charge in [-0.25, -0.2) is 0 Å². The summed E-state index contributed by atoms with van der Waals surface area (Å²) in [5.41, 5.74) is 2.11. The van der Waals surface area contributed by atoms with Crippen molar-refractivity contribution in [1.82, 2.24) is 10.3 Å². The number of halogens is 3. The monoisotopic (exact) mass is 304 g/mol. The van der Waals surface area contributed by atoms with Gasteiger partial charge in [-0.3, -0.25) is 4.98 Å². The molecule has 0 spiro atoms. The average molecular weight is 304 g/mol. The number of pyridine rings is 1. The van der Waals surface area contributed by atoms with E-state index in [4.69, 9.17) is 0 Å². The van der Waals surface area contributed by atoms with E-state index >= 15 is 0 Å². The van der Waals surface area contributed by atoms with Gasteiger partial charge in [-0.1, -0.05) is 19.9 Å². The third kappa shape index (κ3) is 8.02. The zero-order valence-corrected chi connectivity index (χ0v) is 12.5. The maximum absolute atomic E-state index is 12.0. The number of rotatable bonds is 9. The lowest BCUT2D eigenvalue weighted by molar-refractivity contribution is -0.174. The standard InChI is InChI=1S/C15H23F3N2O/c1-3-12-5-6-13(20-10-12)9-14(19-4-2)7-8-21-11-15(16,17)18/h5-6,10,14,19H,3-4,7-9,11H2,1-2H3. The Bertz CT molecular complexity index is 393. The molecule has 0 saturated heterocycles. The average Bonchev–Trinajstić information content (AvgIpc) is 2.43. The van der Waals surface area contributed by atoms with Gasteiger partial charge in [0, 0.05) is 31.0 Å². The molecule has 6 heteroatoms. The maximum atomic E-state index is 12.0. The van der Waals surface area contributed by atoms with Crippen LogP contribution >= 0.6 is 0 Å². The van der Waals surface area contributed by atoms with Crippen molar-refractivity contribution in [3.63, 3.8) is 0 Å². The van der Waals surface area contributed by atoms with Crippen LogP contribution < -0.4 is 5.32 Å². The maximum Gasteiger partial charge on any atom is 0.411 e. The number of hydrogen-bond acceptors (Lipinski definition) is 3.